The standard InChI is InChI=1S/C18H21NO2/c1-12-6-7-18-15(8-12)10-17(21-18)11-20-16-5-3-4-14(9-16)13(2)19/h3-9,13,17H,10-11,19H2,1-2H3/t13-,17?/m1/s1. The second-order valence-electron chi connectivity index (χ2n) is 5.73. The Hall–Kier alpha value is -2.00. The zero-order valence-electron chi connectivity index (χ0n) is 12.5. The molecule has 0 amide bonds. The van der Waals surface area contributed by atoms with Crippen molar-refractivity contribution in [1.29, 1.82) is 0 Å². The van der Waals surface area contributed by atoms with Crippen molar-refractivity contribution in [2.75, 3.05) is 6.61 Å². The summed E-state index contributed by atoms with van der Waals surface area (Å²) in [5.74, 6) is 1.83. The van der Waals surface area contributed by atoms with Crippen molar-refractivity contribution in [3.8, 4) is 11.5 Å². The molecule has 0 aromatic heterocycles. The predicted octanol–water partition coefficient (Wildman–Crippen LogP) is 3.40. The molecular weight excluding hydrogens is 262 g/mol. The summed E-state index contributed by atoms with van der Waals surface area (Å²) in [6.45, 7) is 4.62. The molecular formula is C18H21NO2. The Morgan fingerprint density at radius 1 is 1.29 bits per heavy atom. The molecule has 3 rings (SSSR count). The average Bonchev–Trinajstić information content (AvgIpc) is 2.87. The second-order valence-corrected chi connectivity index (χ2v) is 5.73. The number of ether oxygens (including phenoxy) is 2. The van der Waals surface area contributed by atoms with Gasteiger partial charge in [0.25, 0.3) is 0 Å². The maximum Gasteiger partial charge on any atom is 0.137 e. The summed E-state index contributed by atoms with van der Waals surface area (Å²) in [5.41, 5.74) is 9.51. The largest absolute Gasteiger partial charge is 0.490 e. The van der Waals surface area contributed by atoms with Crippen LogP contribution in [0.3, 0.4) is 0 Å². The van der Waals surface area contributed by atoms with E-state index in [0.29, 0.717) is 6.61 Å². The molecule has 1 unspecified atom stereocenters. The lowest BCUT2D eigenvalue weighted by atomic mass is 10.1. The second kappa shape index (κ2) is 5.78. The Morgan fingerprint density at radius 2 is 2.14 bits per heavy atom. The van der Waals surface area contributed by atoms with Gasteiger partial charge in [-0.15, -0.1) is 0 Å². The molecule has 2 atom stereocenters. The minimum absolute atomic E-state index is 0.0171. The first kappa shape index (κ1) is 14.0. The number of fused-ring (bicyclic) bond motifs is 1. The highest BCUT2D eigenvalue weighted by Crippen LogP contribution is 2.30. The number of hydrogen-bond donors (Lipinski definition) is 1. The molecule has 3 heteroatoms. The number of benzene rings is 2. The van der Waals surface area contributed by atoms with Crippen LogP contribution in [0.25, 0.3) is 0 Å². The van der Waals surface area contributed by atoms with Gasteiger partial charge in [-0.05, 0) is 43.2 Å². The van der Waals surface area contributed by atoms with Gasteiger partial charge in [-0.25, -0.2) is 0 Å². The lowest BCUT2D eigenvalue weighted by Crippen LogP contribution is -2.22. The van der Waals surface area contributed by atoms with Crippen LogP contribution in [0.4, 0.5) is 0 Å². The van der Waals surface area contributed by atoms with E-state index in [2.05, 4.69) is 19.1 Å². The highest BCUT2D eigenvalue weighted by molar-refractivity contribution is 5.40. The Balaban J connectivity index is 1.61. The van der Waals surface area contributed by atoms with Crippen molar-refractivity contribution in [2.45, 2.75) is 32.4 Å². The van der Waals surface area contributed by atoms with Gasteiger partial charge in [-0.1, -0.05) is 29.8 Å². The fraction of sp³-hybridized carbons (Fsp3) is 0.333. The van der Waals surface area contributed by atoms with E-state index in [1.54, 1.807) is 0 Å². The quantitative estimate of drug-likeness (QED) is 0.935. The zero-order chi connectivity index (χ0) is 14.8. The maximum absolute atomic E-state index is 5.91. The van der Waals surface area contributed by atoms with Crippen LogP contribution in [0.5, 0.6) is 11.5 Å². The van der Waals surface area contributed by atoms with Crippen LogP contribution in [0.2, 0.25) is 0 Å². The smallest absolute Gasteiger partial charge is 0.137 e. The number of aryl methyl sites for hydroxylation is 1. The monoisotopic (exact) mass is 283 g/mol. The van der Waals surface area contributed by atoms with Crippen LogP contribution in [0.15, 0.2) is 42.5 Å². The molecule has 0 fully saturated rings. The maximum atomic E-state index is 5.91. The van der Waals surface area contributed by atoms with Crippen LogP contribution >= 0.6 is 0 Å². The average molecular weight is 283 g/mol. The Bertz CT molecular complexity index is 637. The summed E-state index contributed by atoms with van der Waals surface area (Å²) >= 11 is 0. The molecule has 1 aliphatic rings. The van der Waals surface area contributed by atoms with Gasteiger partial charge >= 0.3 is 0 Å². The first-order valence-electron chi connectivity index (χ1n) is 7.36. The van der Waals surface area contributed by atoms with Crippen LogP contribution in [0, 0.1) is 6.92 Å². The zero-order valence-corrected chi connectivity index (χ0v) is 12.5. The Morgan fingerprint density at radius 3 is 2.95 bits per heavy atom. The molecule has 0 aliphatic carbocycles. The molecule has 1 aliphatic heterocycles. The van der Waals surface area contributed by atoms with E-state index < -0.39 is 0 Å². The van der Waals surface area contributed by atoms with E-state index in [4.69, 9.17) is 15.2 Å². The molecule has 0 saturated heterocycles. The van der Waals surface area contributed by atoms with Gasteiger partial charge in [-0.2, -0.15) is 0 Å². The van der Waals surface area contributed by atoms with E-state index in [1.165, 1.54) is 11.1 Å². The summed E-state index contributed by atoms with van der Waals surface area (Å²) in [6.07, 6.45) is 0.991. The molecule has 0 spiro atoms. The van der Waals surface area contributed by atoms with Crippen molar-refractivity contribution >= 4 is 0 Å². The van der Waals surface area contributed by atoms with Crippen molar-refractivity contribution in [1.82, 2.24) is 0 Å². The number of nitrogens with two attached hydrogens (primary N) is 1. The minimum Gasteiger partial charge on any atom is -0.490 e. The minimum atomic E-state index is 0.0171. The summed E-state index contributed by atoms with van der Waals surface area (Å²) < 4.78 is 11.8. The predicted molar refractivity (Wildman–Crippen MR) is 83.8 cm³/mol. The van der Waals surface area contributed by atoms with Gasteiger partial charge in [0.05, 0.1) is 0 Å². The van der Waals surface area contributed by atoms with Crippen molar-refractivity contribution in [2.24, 2.45) is 5.73 Å². The van der Waals surface area contributed by atoms with Crippen LogP contribution < -0.4 is 15.2 Å². The molecule has 2 N–H and O–H groups in total. The van der Waals surface area contributed by atoms with Crippen LogP contribution in [-0.4, -0.2) is 12.7 Å². The van der Waals surface area contributed by atoms with Crippen molar-refractivity contribution in [3.05, 3.63) is 59.2 Å². The first-order valence-corrected chi connectivity index (χ1v) is 7.36. The van der Waals surface area contributed by atoms with Crippen LogP contribution in [-0.2, 0) is 6.42 Å². The van der Waals surface area contributed by atoms with Gasteiger partial charge < -0.3 is 15.2 Å². The third kappa shape index (κ3) is 3.19. The van der Waals surface area contributed by atoms with E-state index in [1.807, 2.05) is 37.3 Å². The van der Waals surface area contributed by atoms with Crippen LogP contribution in [0.1, 0.15) is 29.7 Å². The fourth-order valence-corrected chi connectivity index (χ4v) is 2.62. The van der Waals surface area contributed by atoms with Crippen molar-refractivity contribution in [3.63, 3.8) is 0 Å². The molecule has 0 radical (unpaired) electrons. The summed E-state index contributed by atoms with van der Waals surface area (Å²) in [5, 5.41) is 0. The highest BCUT2D eigenvalue weighted by Gasteiger charge is 2.23. The molecule has 3 nitrogen and oxygen atoms in total. The number of rotatable bonds is 4. The lowest BCUT2D eigenvalue weighted by Gasteiger charge is -2.14. The Labute approximate surface area is 125 Å². The number of hydrogen-bond acceptors (Lipinski definition) is 3. The van der Waals surface area contributed by atoms with E-state index in [9.17, 15) is 0 Å². The topological polar surface area (TPSA) is 44.5 Å². The van der Waals surface area contributed by atoms with E-state index in [-0.39, 0.29) is 12.1 Å². The van der Waals surface area contributed by atoms with Gasteiger partial charge in [0.1, 0.15) is 24.2 Å². The molecule has 110 valence electrons. The highest BCUT2D eigenvalue weighted by atomic mass is 16.5. The summed E-state index contributed by atoms with van der Waals surface area (Å²) in [7, 11) is 0. The molecule has 2 aromatic carbocycles. The normalized spacial score (nSPS) is 18.0. The van der Waals surface area contributed by atoms with E-state index in [0.717, 1.165) is 23.5 Å². The summed E-state index contributed by atoms with van der Waals surface area (Å²) in [6, 6.07) is 14.3. The van der Waals surface area contributed by atoms with Gasteiger partial charge in [-0.3, -0.25) is 0 Å². The van der Waals surface area contributed by atoms with Crippen molar-refractivity contribution < 1.29 is 9.47 Å². The summed E-state index contributed by atoms with van der Waals surface area (Å²) in [4.78, 5) is 0. The van der Waals surface area contributed by atoms with Gasteiger partial charge in [0, 0.05) is 12.5 Å². The molecule has 21 heavy (non-hydrogen) atoms. The third-order valence-electron chi connectivity index (χ3n) is 3.78. The SMILES string of the molecule is Cc1ccc2c(c1)CC(COc1cccc([C@@H](C)N)c1)O2. The Kier molecular flexibility index (Phi) is 3.84. The first-order chi connectivity index (χ1) is 10.1. The fourth-order valence-electron chi connectivity index (χ4n) is 2.62. The molecule has 2 aromatic rings. The van der Waals surface area contributed by atoms with Gasteiger partial charge in [0.15, 0.2) is 0 Å². The third-order valence-corrected chi connectivity index (χ3v) is 3.78. The molecule has 0 bridgehead atoms. The lowest BCUT2D eigenvalue weighted by molar-refractivity contribution is 0.148. The van der Waals surface area contributed by atoms with Gasteiger partial charge in [0.2, 0.25) is 0 Å². The molecule has 0 saturated carbocycles. The molecule has 1 heterocycles. The van der Waals surface area contributed by atoms with E-state index >= 15 is 0 Å².